The Labute approximate surface area is 119 Å². The van der Waals surface area contributed by atoms with E-state index in [1.54, 1.807) is 30.5 Å². The van der Waals surface area contributed by atoms with Crippen molar-refractivity contribution in [3.63, 3.8) is 0 Å². The molecule has 2 aromatic heterocycles. The molecular weight excluding hydrogens is 284 g/mol. The lowest BCUT2D eigenvalue weighted by atomic mass is 10.2. The van der Waals surface area contributed by atoms with Crippen LogP contribution >= 0.6 is 23.4 Å². The van der Waals surface area contributed by atoms with Crippen LogP contribution in [0.4, 0.5) is 0 Å². The van der Waals surface area contributed by atoms with Crippen LogP contribution < -0.4 is 5.73 Å². The van der Waals surface area contributed by atoms with Gasteiger partial charge in [0.15, 0.2) is 5.84 Å². The van der Waals surface area contributed by atoms with Crippen LogP contribution in [0, 0.1) is 6.92 Å². The number of pyridine rings is 2. The lowest BCUT2D eigenvalue weighted by Crippen LogP contribution is -2.15. The minimum Gasteiger partial charge on any atom is -0.409 e. The van der Waals surface area contributed by atoms with E-state index in [-0.39, 0.29) is 5.84 Å². The first kappa shape index (κ1) is 13.6. The topological polar surface area (TPSA) is 84.4 Å². The molecule has 2 aromatic rings. The van der Waals surface area contributed by atoms with Crippen LogP contribution in [-0.4, -0.2) is 21.0 Å². The fourth-order valence-electron chi connectivity index (χ4n) is 1.38. The van der Waals surface area contributed by atoms with Gasteiger partial charge in [-0.1, -0.05) is 16.8 Å². The number of aromatic nitrogens is 2. The number of hydrogen-bond acceptors (Lipinski definition) is 5. The average molecular weight is 295 g/mol. The van der Waals surface area contributed by atoms with Crippen molar-refractivity contribution in [3.05, 3.63) is 46.7 Å². The zero-order valence-corrected chi connectivity index (χ0v) is 11.6. The van der Waals surface area contributed by atoms with Crippen molar-refractivity contribution in [2.45, 2.75) is 17.0 Å². The number of amidine groups is 1. The zero-order chi connectivity index (χ0) is 13.8. The van der Waals surface area contributed by atoms with Gasteiger partial charge in [0.25, 0.3) is 0 Å². The maximum absolute atomic E-state index is 8.78. The Balaban J connectivity index is 2.38. The molecule has 0 bridgehead atoms. The quantitative estimate of drug-likeness (QED) is 0.393. The summed E-state index contributed by atoms with van der Waals surface area (Å²) >= 11 is 7.11. The van der Waals surface area contributed by atoms with Crippen LogP contribution in [0.3, 0.4) is 0 Å². The van der Waals surface area contributed by atoms with E-state index in [1.165, 1.54) is 11.8 Å². The maximum atomic E-state index is 8.78. The summed E-state index contributed by atoms with van der Waals surface area (Å²) in [5, 5.41) is 13.7. The Morgan fingerprint density at radius 1 is 1.37 bits per heavy atom. The Bertz CT molecular complexity index is 616. The van der Waals surface area contributed by atoms with E-state index >= 15 is 0 Å². The molecule has 0 fully saturated rings. The molecule has 2 heterocycles. The molecule has 0 aromatic carbocycles. The second-order valence-corrected chi connectivity index (χ2v) is 5.15. The van der Waals surface area contributed by atoms with Crippen LogP contribution in [0.2, 0.25) is 5.02 Å². The molecule has 0 spiro atoms. The molecule has 0 radical (unpaired) electrons. The van der Waals surface area contributed by atoms with Gasteiger partial charge >= 0.3 is 0 Å². The van der Waals surface area contributed by atoms with Crippen LogP contribution in [0.5, 0.6) is 0 Å². The first-order valence-corrected chi connectivity index (χ1v) is 6.54. The van der Waals surface area contributed by atoms with E-state index in [9.17, 15) is 0 Å². The molecule has 0 aliphatic heterocycles. The molecule has 0 atom stereocenters. The number of nitrogens with two attached hydrogens (primary N) is 1. The number of aryl methyl sites for hydroxylation is 1. The van der Waals surface area contributed by atoms with Crippen molar-refractivity contribution in [2.75, 3.05) is 0 Å². The van der Waals surface area contributed by atoms with Crippen LogP contribution in [0.1, 0.15) is 11.3 Å². The molecule has 5 nitrogen and oxygen atoms in total. The molecule has 98 valence electrons. The highest BCUT2D eigenvalue weighted by molar-refractivity contribution is 7.99. The molecule has 2 rings (SSSR count). The van der Waals surface area contributed by atoms with Gasteiger partial charge in [-0.25, -0.2) is 9.97 Å². The predicted octanol–water partition coefficient (Wildman–Crippen LogP) is 2.68. The number of halogens is 1. The monoisotopic (exact) mass is 294 g/mol. The minimum absolute atomic E-state index is 0.0176. The fraction of sp³-hybridized carbons (Fsp3) is 0.0833. The molecule has 3 N–H and O–H groups in total. The fourth-order valence-corrected chi connectivity index (χ4v) is 2.40. The second-order valence-electron chi connectivity index (χ2n) is 3.71. The summed E-state index contributed by atoms with van der Waals surface area (Å²) < 4.78 is 0. The minimum atomic E-state index is 0.0176. The van der Waals surface area contributed by atoms with Gasteiger partial charge in [-0.05, 0) is 43.0 Å². The van der Waals surface area contributed by atoms with E-state index in [0.717, 1.165) is 10.7 Å². The van der Waals surface area contributed by atoms with Crippen molar-refractivity contribution < 1.29 is 5.21 Å². The SMILES string of the molecule is Cc1ccc(C(N)=NO)c(Sc2ccc(Cl)cn2)n1. The Morgan fingerprint density at radius 3 is 2.79 bits per heavy atom. The van der Waals surface area contributed by atoms with Gasteiger partial charge in [-0.15, -0.1) is 0 Å². The van der Waals surface area contributed by atoms with Crippen molar-refractivity contribution in [1.82, 2.24) is 9.97 Å². The van der Waals surface area contributed by atoms with E-state index in [1.807, 2.05) is 6.92 Å². The Kier molecular flexibility index (Phi) is 4.24. The van der Waals surface area contributed by atoms with Crippen molar-refractivity contribution in [2.24, 2.45) is 10.9 Å². The van der Waals surface area contributed by atoms with Crippen molar-refractivity contribution in [1.29, 1.82) is 0 Å². The number of oxime groups is 1. The van der Waals surface area contributed by atoms with E-state index < -0.39 is 0 Å². The third-order valence-electron chi connectivity index (χ3n) is 2.28. The molecule has 0 unspecified atom stereocenters. The number of hydrogen-bond donors (Lipinski definition) is 2. The molecule has 7 heteroatoms. The highest BCUT2D eigenvalue weighted by atomic mass is 35.5. The molecule has 0 amide bonds. The molecule has 19 heavy (non-hydrogen) atoms. The highest BCUT2D eigenvalue weighted by Crippen LogP contribution is 2.28. The van der Waals surface area contributed by atoms with Crippen molar-refractivity contribution >= 4 is 29.2 Å². The van der Waals surface area contributed by atoms with Gasteiger partial charge in [0.1, 0.15) is 10.1 Å². The molecule has 0 saturated heterocycles. The number of nitrogens with zero attached hydrogens (tertiary/aromatic N) is 3. The van der Waals surface area contributed by atoms with E-state index in [0.29, 0.717) is 15.6 Å². The van der Waals surface area contributed by atoms with Gasteiger partial charge in [-0.2, -0.15) is 0 Å². The molecule has 0 aliphatic carbocycles. The van der Waals surface area contributed by atoms with Crippen LogP contribution in [-0.2, 0) is 0 Å². The summed E-state index contributed by atoms with van der Waals surface area (Å²) in [5.74, 6) is 0.0176. The lowest BCUT2D eigenvalue weighted by molar-refractivity contribution is 0.318. The van der Waals surface area contributed by atoms with E-state index in [4.69, 9.17) is 22.5 Å². The predicted molar refractivity (Wildman–Crippen MR) is 74.9 cm³/mol. The van der Waals surface area contributed by atoms with Crippen molar-refractivity contribution in [3.8, 4) is 0 Å². The summed E-state index contributed by atoms with van der Waals surface area (Å²) in [6, 6.07) is 7.09. The summed E-state index contributed by atoms with van der Waals surface area (Å²) in [7, 11) is 0. The van der Waals surface area contributed by atoms with Crippen LogP contribution in [0.15, 0.2) is 45.7 Å². The van der Waals surface area contributed by atoms with Crippen LogP contribution in [0.25, 0.3) is 0 Å². The maximum Gasteiger partial charge on any atom is 0.172 e. The Morgan fingerprint density at radius 2 is 2.16 bits per heavy atom. The molecular formula is C12H11ClN4OS. The average Bonchev–Trinajstić information content (AvgIpc) is 2.41. The highest BCUT2D eigenvalue weighted by Gasteiger charge is 2.11. The smallest absolute Gasteiger partial charge is 0.172 e. The van der Waals surface area contributed by atoms with Gasteiger partial charge in [0.2, 0.25) is 0 Å². The number of rotatable bonds is 3. The van der Waals surface area contributed by atoms with Gasteiger partial charge in [-0.3, -0.25) is 0 Å². The third-order valence-corrected chi connectivity index (χ3v) is 3.46. The largest absolute Gasteiger partial charge is 0.409 e. The summed E-state index contributed by atoms with van der Waals surface area (Å²) in [4.78, 5) is 8.56. The summed E-state index contributed by atoms with van der Waals surface area (Å²) in [6.45, 7) is 1.87. The zero-order valence-electron chi connectivity index (χ0n) is 10.0. The molecule has 0 aliphatic rings. The first-order valence-electron chi connectivity index (χ1n) is 5.35. The van der Waals surface area contributed by atoms with Gasteiger partial charge in [0.05, 0.1) is 10.6 Å². The Hall–Kier alpha value is -1.79. The van der Waals surface area contributed by atoms with Gasteiger partial charge < -0.3 is 10.9 Å². The first-order chi connectivity index (χ1) is 9.10. The lowest BCUT2D eigenvalue weighted by Gasteiger charge is -2.07. The summed E-state index contributed by atoms with van der Waals surface area (Å²) in [5.41, 5.74) is 7.03. The standard InChI is InChI=1S/C12H11ClN4OS/c1-7-2-4-9(11(14)17-18)12(16-7)19-10-5-3-8(13)6-15-10/h2-6,18H,1H3,(H2,14,17). The summed E-state index contributed by atoms with van der Waals surface area (Å²) in [6.07, 6.45) is 1.56. The second kappa shape index (κ2) is 5.90. The normalized spacial score (nSPS) is 11.6. The molecule has 0 saturated carbocycles. The van der Waals surface area contributed by atoms with E-state index in [2.05, 4.69) is 15.1 Å². The van der Waals surface area contributed by atoms with Gasteiger partial charge in [0, 0.05) is 11.9 Å². The third kappa shape index (κ3) is 3.36.